The predicted octanol–water partition coefficient (Wildman–Crippen LogP) is 1.04. The second-order valence-electron chi connectivity index (χ2n) is 4.62. The minimum Gasteiger partial charge on any atom is -0.481 e. The van der Waals surface area contributed by atoms with Crippen molar-refractivity contribution in [1.29, 1.82) is 0 Å². The molecule has 0 aliphatic carbocycles. The summed E-state index contributed by atoms with van der Waals surface area (Å²) >= 11 is 1.32. The number of thiazole rings is 1. The number of carboxylic acid groups (broad SMARTS) is 1. The predicted molar refractivity (Wildman–Crippen MR) is 67.9 cm³/mol. The number of carboxylic acids is 1. The zero-order valence-corrected chi connectivity index (χ0v) is 10.9. The van der Waals surface area contributed by atoms with Crippen LogP contribution in [0, 0.1) is 18.8 Å². The van der Waals surface area contributed by atoms with Gasteiger partial charge >= 0.3 is 5.97 Å². The van der Waals surface area contributed by atoms with E-state index in [0.29, 0.717) is 5.13 Å². The van der Waals surface area contributed by atoms with Gasteiger partial charge in [-0.05, 0) is 6.92 Å². The van der Waals surface area contributed by atoms with E-state index >= 15 is 0 Å². The first-order valence-corrected chi connectivity index (χ1v) is 6.74. The molecule has 0 spiro atoms. The SMILES string of the molecule is Cc1csc(NC(=O)[C@@H]2[C@@H](C(=O)O)[C@@H]3C=C[C@H]2O3)n1. The van der Waals surface area contributed by atoms with Gasteiger partial charge in [0.25, 0.3) is 0 Å². The Hall–Kier alpha value is -1.73. The Kier molecular flexibility index (Phi) is 2.87. The number of fused-ring (bicyclic) bond motifs is 2. The molecule has 3 heterocycles. The van der Waals surface area contributed by atoms with E-state index in [2.05, 4.69) is 10.3 Å². The molecule has 4 atom stereocenters. The minimum absolute atomic E-state index is 0.349. The number of aryl methyl sites for hydroxylation is 1. The zero-order chi connectivity index (χ0) is 13.6. The Labute approximate surface area is 113 Å². The molecule has 7 heteroatoms. The van der Waals surface area contributed by atoms with Gasteiger partial charge in [0.1, 0.15) is 5.92 Å². The third-order valence-corrected chi connectivity index (χ3v) is 4.21. The van der Waals surface area contributed by atoms with Gasteiger partial charge in [-0.25, -0.2) is 4.98 Å². The molecule has 2 N–H and O–H groups in total. The van der Waals surface area contributed by atoms with Crippen LogP contribution in [-0.4, -0.2) is 34.2 Å². The number of hydrogen-bond acceptors (Lipinski definition) is 5. The van der Waals surface area contributed by atoms with Crippen molar-refractivity contribution in [2.75, 3.05) is 5.32 Å². The summed E-state index contributed by atoms with van der Waals surface area (Å²) in [5.74, 6) is -2.88. The Balaban J connectivity index is 1.79. The van der Waals surface area contributed by atoms with Crippen molar-refractivity contribution >= 4 is 28.3 Å². The van der Waals surface area contributed by atoms with E-state index in [1.807, 2.05) is 12.3 Å². The first-order chi connectivity index (χ1) is 9.06. The number of hydrogen-bond donors (Lipinski definition) is 2. The smallest absolute Gasteiger partial charge is 0.310 e. The minimum atomic E-state index is -1.01. The highest BCUT2D eigenvalue weighted by Crippen LogP contribution is 2.39. The number of rotatable bonds is 3. The number of carbonyl (C=O) groups is 2. The molecule has 0 radical (unpaired) electrons. The summed E-state index contributed by atoms with van der Waals surface area (Å²) in [7, 11) is 0. The van der Waals surface area contributed by atoms with E-state index in [0.717, 1.165) is 5.69 Å². The van der Waals surface area contributed by atoms with Crippen LogP contribution in [0.5, 0.6) is 0 Å². The van der Waals surface area contributed by atoms with Crippen LogP contribution in [0.3, 0.4) is 0 Å². The first-order valence-electron chi connectivity index (χ1n) is 5.86. The maximum absolute atomic E-state index is 12.2. The highest BCUT2D eigenvalue weighted by atomic mass is 32.1. The van der Waals surface area contributed by atoms with Crippen LogP contribution in [0.4, 0.5) is 5.13 Å². The van der Waals surface area contributed by atoms with Crippen molar-refractivity contribution in [3.8, 4) is 0 Å². The number of nitrogens with one attached hydrogen (secondary N) is 1. The summed E-state index contributed by atoms with van der Waals surface area (Å²) in [4.78, 5) is 27.6. The molecular formula is C12H12N2O4S. The van der Waals surface area contributed by atoms with Crippen LogP contribution in [0.25, 0.3) is 0 Å². The molecule has 3 rings (SSSR count). The lowest BCUT2D eigenvalue weighted by molar-refractivity contribution is -0.145. The lowest BCUT2D eigenvalue weighted by Crippen LogP contribution is -2.39. The third-order valence-electron chi connectivity index (χ3n) is 3.34. The van der Waals surface area contributed by atoms with Gasteiger partial charge in [-0.2, -0.15) is 0 Å². The fourth-order valence-corrected chi connectivity index (χ4v) is 3.21. The van der Waals surface area contributed by atoms with E-state index in [1.165, 1.54) is 11.3 Å². The van der Waals surface area contributed by atoms with Crippen molar-refractivity contribution in [3.05, 3.63) is 23.2 Å². The third kappa shape index (κ3) is 2.04. The molecule has 2 aliphatic heterocycles. The van der Waals surface area contributed by atoms with Gasteiger partial charge in [-0.1, -0.05) is 12.2 Å². The van der Waals surface area contributed by atoms with Crippen molar-refractivity contribution in [2.45, 2.75) is 19.1 Å². The highest BCUT2D eigenvalue weighted by molar-refractivity contribution is 7.13. The van der Waals surface area contributed by atoms with E-state index in [-0.39, 0.29) is 5.91 Å². The van der Waals surface area contributed by atoms with Crippen molar-refractivity contribution in [1.82, 2.24) is 4.98 Å². The van der Waals surface area contributed by atoms with Gasteiger partial charge in [-0.15, -0.1) is 11.3 Å². The fraction of sp³-hybridized carbons (Fsp3) is 0.417. The standard InChI is InChI=1S/C12H12N2O4S/c1-5-4-19-12(13-5)14-10(15)8-6-2-3-7(18-6)9(8)11(16)17/h2-4,6-9H,1H3,(H,16,17)(H,13,14,15)/t6-,7+,8+,9+/m1/s1. The lowest BCUT2D eigenvalue weighted by atomic mass is 9.82. The van der Waals surface area contributed by atoms with Crippen molar-refractivity contribution in [2.24, 2.45) is 11.8 Å². The van der Waals surface area contributed by atoms with Crippen LogP contribution in [0.2, 0.25) is 0 Å². The second kappa shape index (κ2) is 4.43. The lowest BCUT2D eigenvalue weighted by Gasteiger charge is -2.20. The number of carbonyl (C=O) groups excluding carboxylic acids is 1. The molecule has 0 saturated carbocycles. The molecule has 1 aromatic heterocycles. The van der Waals surface area contributed by atoms with E-state index in [1.54, 1.807) is 12.2 Å². The van der Waals surface area contributed by atoms with E-state index in [9.17, 15) is 14.7 Å². The van der Waals surface area contributed by atoms with Crippen LogP contribution in [0.15, 0.2) is 17.5 Å². The fourth-order valence-electron chi connectivity index (χ4n) is 2.52. The normalized spacial score (nSPS) is 31.6. The van der Waals surface area contributed by atoms with Gasteiger partial charge in [-0.3, -0.25) is 9.59 Å². The number of aliphatic carboxylic acids is 1. The Morgan fingerprint density at radius 2 is 2.05 bits per heavy atom. The molecular weight excluding hydrogens is 268 g/mol. The number of amides is 1. The molecule has 1 aromatic rings. The molecule has 19 heavy (non-hydrogen) atoms. The zero-order valence-electron chi connectivity index (χ0n) is 10.1. The van der Waals surface area contributed by atoms with Crippen molar-refractivity contribution < 1.29 is 19.4 Å². The summed E-state index contributed by atoms with van der Waals surface area (Å²) in [5, 5.41) is 14.2. The van der Waals surface area contributed by atoms with Gasteiger partial charge in [0.05, 0.1) is 23.8 Å². The topological polar surface area (TPSA) is 88.5 Å². The average Bonchev–Trinajstić information content (AvgIpc) is 3.03. The van der Waals surface area contributed by atoms with E-state index < -0.39 is 30.0 Å². The Morgan fingerprint density at radius 3 is 2.63 bits per heavy atom. The molecule has 1 fully saturated rings. The summed E-state index contributed by atoms with van der Waals surface area (Å²) < 4.78 is 5.45. The molecule has 1 amide bonds. The largest absolute Gasteiger partial charge is 0.481 e. The first kappa shape index (κ1) is 12.3. The highest BCUT2D eigenvalue weighted by Gasteiger charge is 2.53. The van der Waals surface area contributed by atoms with Gasteiger partial charge < -0.3 is 15.2 Å². The Morgan fingerprint density at radius 1 is 1.37 bits per heavy atom. The monoisotopic (exact) mass is 280 g/mol. The van der Waals surface area contributed by atoms with Gasteiger partial charge in [0.15, 0.2) is 5.13 Å². The van der Waals surface area contributed by atoms with Crippen molar-refractivity contribution in [3.63, 3.8) is 0 Å². The van der Waals surface area contributed by atoms with Gasteiger partial charge in [0.2, 0.25) is 5.91 Å². The van der Waals surface area contributed by atoms with Crippen LogP contribution in [0.1, 0.15) is 5.69 Å². The number of aromatic nitrogens is 1. The molecule has 6 nitrogen and oxygen atoms in total. The summed E-state index contributed by atoms with van der Waals surface area (Å²) in [6.45, 7) is 1.83. The number of nitrogens with zero attached hydrogens (tertiary/aromatic N) is 1. The number of anilines is 1. The summed E-state index contributed by atoms with van der Waals surface area (Å²) in [5.41, 5.74) is 0.819. The maximum Gasteiger partial charge on any atom is 0.310 e. The summed E-state index contributed by atoms with van der Waals surface area (Å²) in [6, 6.07) is 0. The summed E-state index contributed by atoms with van der Waals surface area (Å²) in [6.07, 6.45) is 2.51. The van der Waals surface area contributed by atoms with Crippen LogP contribution in [-0.2, 0) is 14.3 Å². The number of ether oxygens (including phenoxy) is 1. The average molecular weight is 280 g/mol. The quantitative estimate of drug-likeness (QED) is 0.808. The maximum atomic E-state index is 12.2. The van der Waals surface area contributed by atoms with E-state index in [4.69, 9.17) is 4.74 Å². The molecule has 0 unspecified atom stereocenters. The molecule has 1 saturated heterocycles. The Bertz CT molecular complexity index is 568. The molecule has 0 aromatic carbocycles. The molecule has 2 bridgehead atoms. The molecule has 100 valence electrons. The van der Waals surface area contributed by atoms with Gasteiger partial charge in [0, 0.05) is 5.38 Å². The second-order valence-corrected chi connectivity index (χ2v) is 5.48. The van der Waals surface area contributed by atoms with Crippen LogP contribution >= 0.6 is 11.3 Å². The van der Waals surface area contributed by atoms with Crippen LogP contribution < -0.4 is 5.32 Å². The molecule has 2 aliphatic rings.